The van der Waals surface area contributed by atoms with Crippen LogP contribution in [0.3, 0.4) is 0 Å². The van der Waals surface area contributed by atoms with Crippen molar-refractivity contribution in [3.8, 4) is 0 Å². The minimum absolute atomic E-state index is 0.0253. The van der Waals surface area contributed by atoms with Gasteiger partial charge in [0, 0.05) is 27.7 Å². The third kappa shape index (κ3) is 3.89. The molecule has 0 spiro atoms. The maximum absolute atomic E-state index is 13.0. The Labute approximate surface area is 126 Å². The van der Waals surface area contributed by atoms with Crippen molar-refractivity contribution in [3.05, 3.63) is 34.6 Å². The molecule has 1 aromatic rings. The van der Waals surface area contributed by atoms with Crippen molar-refractivity contribution >= 4 is 40.9 Å². The minimum atomic E-state index is -0.369. The number of Topliss-reactive ketones (excluding diaryl/α,β-unsaturated/α-hetero) is 1. The lowest BCUT2D eigenvalue weighted by atomic mass is 10.1. The highest BCUT2D eigenvalue weighted by Gasteiger charge is 2.30. The van der Waals surface area contributed by atoms with Crippen LogP contribution in [0.1, 0.15) is 19.4 Å². The van der Waals surface area contributed by atoms with Gasteiger partial charge in [0.05, 0.1) is 5.25 Å². The van der Waals surface area contributed by atoms with E-state index in [9.17, 15) is 9.18 Å². The van der Waals surface area contributed by atoms with Gasteiger partial charge in [-0.05, 0) is 17.7 Å². The molecule has 1 aliphatic heterocycles. The van der Waals surface area contributed by atoms with E-state index in [4.69, 9.17) is 11.6 Å². The van der Waals surface area contributed by atoms with Crippen LogP contribution >= 0.6 is 35.1 Å². The van der Waals surface area contributed by atoms with Crippen molar-refractivity contribution in [1.82, 2.24) is 0 Å². The van der Waals surface area contributed by atoms with Crippen LogP contribution in [0.25, 0.3) is 0 Å². The van der Waals surface area contributed by atoms with E-state index in [1.807, 2.05) is 11.8 Å². The Bertz CT molecular complexity index is 481. The van der Waals surface area contributed by atoms with Crippen LogP contribution in [0.15, 0.2) is 18.2 Å². The van der Waals surface area contributed by atoms with Crippen LogP contribution in [-0.4, -0.2) is 27.3 Å². The van der Waals surface area contributed by atoms with E-state index in [1.165, 1.54) is 12.1 Å². The molecule has 3 unspecified atom stereocenters. The molecule has 0 bridgehead atoms. The number of rotatable bonds is 3. The Kier molecular flexibility index (Phi) is 5.21. The number of hydrogen-bond donors (Lipinski definition) is 0. The molecule has 1 nitrogen and oxygen atoms in total. The van der Waals surface area contributed by atoms with Crippen LogP contribution < -0.4 is 0 Å². The number of carbonyl (C=O) groups is 1. The summed E-state index contributed by atoms with van der Waals surface area (Å²) < 4.78 is 13.0. The molecular formula is C14H16ClFOS2. The third-order valence-electron chi connectivity index (χ3n) is 3.29. The second-order valence-corrected chi connectivity index (χ2v) is 8.15. The number of ketones is 1. The molecule has 2 rings (SSSR count). The first-order valence-electron chi connectivity index (χ1n) is 6.21. The molecule has 0 saturated carbocycles. The first-order valence-corrected chi connectivity index (χ1v) is 8.58. The van der Waals surface area contributed by atoms with E-state index in [1.54, 1.807) is 17.8 Å². The zero-order chi connectivity index (χ0) is 14.0. The van der Waals surface area contributed by atoms with Gasteiger partial charge in [-0.25, -0.2) is 4.39 Å². The smallest absolute Gasteiger partial charge is 0.151 e. The summed E-state index contributed by atoms with van der Waals surface area (Å²) in [4.78, 5) is 12.3. The fraction of sp³-hybridized carbons (Fsp3) is 0.500. The van der Waals surface area contributed by atoms with Gasteiger partial charge in [-0.3, -0.25) is 4.79 Å². The highest BCUT2D eigenvalue weighted by molar-refractivity contribution is 8.08. The van der Waals surface area contributed by atoms with Gasteiger partial charge in [-0.15, -0.1) is 11.8 Å². The molecule has 0 N–H and O–H groups in total. The summed E-state index contributed by atoms with van der Waals surface area (Å²) in [7, 11) is 0. The molecule has 3 atom stereocenters. The van der Waals surface area contributed by atoms with E-state index in [0.29, 0.717) is 27.5 Å². The Balaban J connectivity index is 2.01. The van der Waals surface area contributed by atoms with Crippen molar-refractivity contribution in [1.29, 1.82) is 0 Å². The first kappa shape index (κ1) is 15.2. The highest BCUT2D eigenvalue weighted by Crippen LogP contribution is 2.36. The largest absolute Gasteiger partial charge is 0.298 e. The molecule has 104 valence electrons. The summed E-state index contributed by atoms with van der Waals surface area (Å²) in [6.07, 6.45) is 0.290. The van der Waals surface area contributed by atoms with Crippen LogP contribution in [0.5, 0.6) is 0 Å². The van der Waals surface area contributed by atoms with Gasteiger partial charge in [0.15, 0.2) is 5.78 Å². The SMILES string of the molecule is CC1SCC(C(=O)Cc2ccc(F)cc2Cl)SC1C. The second-order valence-electron chi connectivity index (χ2n) is 4.75. The lowest BCUT2D eigenvalue weighted by Crippen LogP contribution is -2.32. The zero-order valence-corrected chi connectivity index (χ0v) is 13.2. The number of thioether (sulfide) groups is 2. The van der Waals surface area contributed by atoms with E-state index in [0.717, 1.165) is 5.75 Å². The molecule has 1 saturated heterocycles. The fourth-order valence-electron chi connectivity index (χ4n) is 1.92. The predicted octanol–water partition coefficient (Wildman–Crippen LogP) is 4.22. The first-order chi connectivity index (χ1) is 8.97. The summed E-state index contributed by atoms with van der Waals surface area (Å²) in [5.41, 5.74) is 0.713. The summed E-state index contributed by atoms with van der Waals surface area (Å²) >= 11 is 9.55. The average Bonchev–Trinajstić information content (AvgIpc) is 2.36. The number of halogens is 2. The van der Waals surface area contributed by atoms with E-state index >= 15 is 0 Å². The Morgan fingerprint density at radius 3 is 2.79 bits per heavy atom. The average molecular weight is 319 g/mol. The molecular weight excluding hydrogens is 303 g/mol. The number of carbonyl (C=O) groups excluding carboxylic acids is 1. The molecule has 1 heterocycles. The van der Waals surface area contributed by atoms with Gasteiger partial charge < -0.3 is 0 Å². The summed E-state index contributed by atoms with van der Waals surface area (Å²) in [5.74, 6) is 0.671. The van der Waals surface area contributed by atoms with Crippen LogP contribution in [0.2, 0.25) is 5.02 Å². The maximum Gasteiger partial charge on any atom is 0.151 e. The van der Waals surface area contributed by atoms with Crippen molar-refractivity contribution in [2.24, 2.45) is 0 Å². The maximum atomic E-state index is 13.0. The van der Waals surface area contributed by atoms with Gasteiger partial charge in [-0.1, -0.05) is 31.5 Å². The topological polar surface area (TPSA) is 17.1 Å². The Morgan fingerprint density at radius 1 is 1.42 bits per heavy atom. The van der Waals surface area contributed by atoms with Crippen LogP contribution in [-0.2, 0) is 11.2 Å². The third-order valence-corrected chi connectivity index (χ3v) is 7.08. The standard InChI is InChI=1S/C14H16ClFOS2/c1-8-9(2)19-14(7-18-8)13(17)5-10-3-4-11(16)6-12(10)15/h3-4,6,8-9,14H,5,7H2,1-2H3. The van der Waals surface area contributed by atoms with Gasteiger partial charge in [0.1, 0.15) is 5.82 Å². The summed E-state index contributed by atoms with van der Waals surface area (Å²) in [6.45, 7) is 4.35. The molecule has 5 heteroatoms. The second kappa shape index (κ2) is 6.51. The van der Waals surface area contributed by atoms with E-state index in [2.05, 4.69) is 13.8 Å². The molecule has 0 aromatic heterocycles. The van der Waals surface area contributed by atoms with E-state index in [-0.39, 0.29) is 16.9 Å². The molecule has 0 aliphatic carbocycles. The van der Waals surface area contributed by atoms with Crippen molar-refractivity contribution in [2.45, 2.75) is 36.0 Å². The number of hydrogen-bond acceptors (Lipinski definition) is 3. The Morgan fingerprint density at radius 2 is 2.16 bits per heavy atom. The molecule has 1 aromatic carbocycles. The quantitative estimate of drug-likeness (QED) is 0.830. The van der Waals surface area contributed by atoms with Crippen LogP contribution in [0, 0.1) is 5.82 Å². The summed E-state index contributed by atoms with van der Waals surface area (Å²) in [5, 5.41) is 1.43. The van der Waals surface area contributed by atoms with Gasteiger partial charge in [0.25, 0.3) is 0 Å². The molecule has 19 heavy (non-hydrogen) atoms. The van der Waals surface area contributed by atoms with Crippen molar-refractivity contribution < 1.29 is 9.18 Å². The van der Waals surface area contributed by atoms with Crippen molar-refractivity contribution in [2.75, 3.05) is 5.75 Å². The molecule has 0 radical (unpaired) electrons. The lowest BCUT2D eigenvalue weighted by molar-refractivity contribution is -0.117. The fourth-order valence-corrected chi connectivity index (χ4v) is 5.04. The van der Waals surface area contributed by atoms with Gasteiger partial charge in [0.2, 0.25) is 0 Å². The van der Waals surface area contributed by atoms with Crippen molar-refractivity contribution in [3.63, 3.8) is 0 Å². The summed E-state index contributed by atoms with van der Waals surface area (Å²) in [6, 6.07) is 4.21. The van der Waals surface area contributed by atoms with Gasteiger partial charge in [-0.2, -0.15) is 11.8 Å². The van der Waals surface area contributed by atoms with Gasteiger partial charge >= 0.3 is 0 Å². The molecule has 1 fully saturated rings. The molecule has 1 aliphatic rings. The monoisotopic (exact) mass is 318 g/mol. The highest BCUT2D eigenvalue weighted by atomic mass is 35.5. The minimum Gasteiger partial charge on any atom is -0.298 e. The molecule has 0 amide bonds. The van der Waals surface area contributed by atoms with Crippen LogP contribution in [0.4, 0.5) is 4.39 Å². The predicted molar refractivity (Wildman–Crippen MR) is 82.9 cm³/mol. The van der Waals surface area contributed by atoms with E-state index < -0.39 is 0 Å². The zero-order valence-electron chi connectivity index (χ0n) is 10.9. The Hall–Kier alpha value is -0.190. The number of benzene rings is 1. The normalized spacial score (nSPS) is 27.3. The lowest BCUT2D eigenvalue weighted by Gasteiger charge is -2.30.